The molecule has 0 aromatic carbocycles. The van der Waals surface area contributed by atoms with E-state index in [0.717, 1.165) is 32.1 Å². The van der Waals surface area contributed by atoms with Crippen LogP contribution in [0.4, 0.5) is 0 Å². The molecule has 0 unspecified atom stereocenters. The first-order valence-corrected chi connectivity index (χ1v) is 4.81. The number of carbonyl (C=O) groups is 1. The quantitative estimate of drug-likeness (QED) is 0.519. The molecule has 1 heterocycles. The monoisotopic (exact) mass is 184 g/mol. The van der Waals surface area contributed by atoms with Crippen LogP contribution in [0, 0.1) is 0 Å². The van der Waals surface area contributed by atoms with Crippen molar-refractivity contribution in [2.24, 2.45) is 0 Å². The van der Waals surface area contributed by atoms with Gasteiger partial charge < -0.3 is 9.84 Å². The number of esters is 1. The number of rotatable bonds is 5. The summed E-state index contributed by atoms with van der Waals surface area (Å²) in [4.78, 5) is 10.8. The summed E-state index contributed by atoms with van der Waals surface area (Å²) in [7, 11) is 0. The van der Waals surface area contributed by atoms with E-state index in [1.54, 1.807) is 0 Å². The molecule has 0 saturated heterocycles. The second kappa shape index (κ2) is 5.75. The van der Waals surface area contributed by atoms with Crippen LogP contribution in [0.1, 0.15) is 32.1 Å². The highest BCUT2D eigenvalue weighted by molar-refractivity contribution is 5.82. The van der Waals surface area contributed by atoms with Crippen molar-refractivity contribution in [1.82, 2.24) is 0 Å². The lowest BCUT2D eigenvalue weighted by Crippen LogP contribution is -2.19. The van der Waals surface area contributed by atoms with Gasteiger partial charge in [0.1, 0.15) is 6.10 Å². The maximum atomic E-state index is 10.8. The third kappa shape index (κ3) is 4.08. The fraction of sp³-hybridized carbons (Fsp3) is 0.700. The fourth-order valence-electron chi connectivity index (χ4n) is 1.41. The predicted molar refractivity (Wildman–Crippen MR) is 49.2 cm³/mol. The van der Waals surface area contributed by atoms with Gasteiger partial charge in [-0.25, -0.2) is 4.79 Å². The molecule has 74 valence electrons. The van der Waals surface area contributed by atoms with Crippen molar-refractivity contribution in [3.05, 3.63) is 12.2 Å². The molecule has 1 aliphatic heterocycles. The van der Waals surface area contributed by atoms with Crippen molar-refractivity contribution in [3.63, 3.8) is 0 Å². The molecular weight excluding hydrogens is 168 g/mol. The molecule has 0 spiro atoms. The average molecular weight is 184 g/mol. The third-order valence-corrected chi connectivity index (χ3v) is 2.12. The first kappa shape index (κ1) is 10.3. The topological polar surface area (TPSA) is 46.5 Å². The highest BCUT2D eigenvalue weighted by atomic mass is 16.5. The zero-order valence-electron chi connectivity index (χ0n) is 7.74. The van der Waals surface area contributed by atoms with Crippen LogP contribution in [0.5, 0.6) is 0 Å². The molecular formula is C10H16O3. The lowest BCUT2D eigenvalue weighted by Gasteiger charge is -2.18. The van der Waals surface area contributed by atoms with Gasteiger partial charge in [0.15, 0.2) is 0 Å². The molecule has 13 heavy (non-hydrogen) atoms. The van der Waals surface area contributed by atoms with Crippen LogP contribution in [-0.2, 0) is 9.53 Å². The van der Waals surface area contributed by atoms with Gasteiger partial charge in [-0.1, -0.05) is 12.5 Å². The van der Waals surface area contributed by atoms with Crippen molar-refractivity contribution in [2.75, 3.05) is 6.61 Å². The summed E-state index contributed by atoms with van der Waals surface area (Å²) in [5.74, 6) is -0.224. The molecule has 0 amide bonds. The molecule has 0 fully saturated rings. The number of unbranched alkanes of at least 4 members (excludes halogenated alkanes) is 2. The van der Waals surface area contributed by atoms with Gasteiger partial charge in [0.25, 0.3) is 0 Å². The molecule has 1 rings (SSSR count). The maximum absolute atomic E-state index is 10.8. The Hall–Kier alpha value is -0.830. The summed E-state index contributed by atoms with van der Waals surface area (Å²) in [6.07, 6.45) is 8.03. The summed E-state index contributed by atoms with van der Waals surface area (Å²) in [6, 6.07) is 0. The second-order valence-electron chi connectivity index (χ2n) is 3.27. The van der Waals surface area contributed by atoms with Gasteiger partial charge in [-0.15, -0.1) is 0 Å². The van der Waals surface area contributed by atoms with Gasteiger partial charge in [-0.2, -0.15) is 0 Å². The molecule has 0 bridgehead atoms. The zero-order chi connectivity index (χ0) is 9.52. The highest BCUT2D eigenvalue weighted by Gasteiger charge is 2.14. The number of cyclic esters (lactones) is 1. The number of hydrogen-bond acceptors (Lipinski definition) is 3. The molecule has 3 heteroatoms. The summed E-state index contributed by atoms with van der Waals surface area (Å²) >= 11 is 0. The summed E-state index contributed by atoms with van der Waals surface area (Å²) in [5.41, 5.74) is 0. The number of hydrogen-bond donors (Lipinski definition) is 1. The molecule has 0 aromatic heterocycles. The Balaban J connectivity index is 2.08. The number of aliphatic hydroxyl groups is 1. The Morgan fingerprint density at radius 3 is 3.00 bits per heavy atom. The molecule has 0 saturated carbocycles. The molecule has 3 nitrogen and oxygen atoms in total. The van der Waals surface area contributed by atoms with Gasteiger partial charge in [0.2, 0.25) is 0 Å². The lowest BCUT2D eigenvalue weighted by molar-refractivity contribution is -0.144. The highest BCUT2D eigenvalue weighted by Crippen LogP contribution is 2.14. The van der Waals surface area contributed by atoms with Crippen LogP contribution in [0.15, 0.2) is 12.2 Å². The number of carbonyl (C=O) groups excluding carboxylic acids is 1. The first-order valence-electron chi connectivity index (χ1n) is 4.81. The SMILES string of the molecule is O=C1C=CC[C@H](CCCCCO)O1. The zero-order valence-corrected chi connectivity index (χ0v) is 7.74. The average Bonchev–Trinajstić information content (AvgIpc) is 2.13. The van der Waals surface area contributed by atoms with E-state index in [1.165, 1.54) is 6.08 Å². The van der Waals surface area contributed by atoms with E-state index < -0.39 is 0 Å². The summed E-state index contributed by atoms with van der Waals surface area (Å²) in [6.45, 7) is 0.254. The van der Waals surface area contributed by atoms with E-state index in [4.69, 9.17) is 9.84 Å². The Labute approximate surface area is 78.4 Å². The number of aliphatic hydroxyl groups excluding tert-OH is 1. The van der Waals surface area contributed by atoms with Gasteiger partial charge in [0, 0.05) is 19.1 Å². The maximum Gasteiger partial charge on any atom is 0.330 e. The van der Waals surface area contributed by atoms with Crippen molar-refractivity contribution < 1.29 is 14.6 Å². The summed E-state index contributed by atoms with van der Waals surface area (Å²) < 4.78 is 5.08. The van der Waals surface area contributed by atoms with E-state index in [1.807, 2.05) is 6.08 Å². The van der Waals surface area contributed by atoms with Crippen molar-refractivity contribution in [3.8, 4) is 0 Å². The van der Waals surface area contributed by atoms with Gasteiger partial charge in [-0.3, -0.25) is 0 Å². The van der Waals surface area contributed by atoms with E-state index in [9.17, 15) is 4.79 Å². The van der Waals surface area contributed by atoms with E-state index in [0.29, 0.717) is 0 Å². The minimum atomic E-state index is -0.224. The molecule has 0 aliphatic carbocycles. The van der Waals surface area contributed by atoms with Crippen LogP contribution >= 0.6 is 0 Å². The van der Waals surface area contributed by atoms with Crippen LogP contribution < -0.4 is 0 Å². The van der Waals surface area contributed by atoms with Crippen LogP contribution in [-0.4, -0.2) is 23.8 Å². The van der Waals surface area contributed by atoms with E-state index >= 15 is 0 Å². The Bertz CT molecular complexity index is 187. The molecule has 0 radical (unpaired) electrons. The van der Waals surface area contributed by atoms with Gasteiger partial charge >= 0.3 is 5.97 Å². The fourth-order valence-corrected chi connectivity index (χ4v) is 1.41. The van der Waals surface area contributed by atoms with Crippen molar-refractivity contribution in [2.45, 2.75) is 38.2 Å². The summed E-state index contributed by atoms with van der Waals surface area (Å²) in [5, 5.41) is 8.55. The minimum absolute atomic E-state index is 0.0659. The Kier molecular flexibility index (Phi) is 4.54. The predicted octanol–water partition coefficient (Wildman–Crippen LogP) is 1.41. The normalized spacial score (nSPS) is 21.6. The van der Waals surface area contributed by atoms with Crippen LogP contribution in [0.2, 0.25) is 0 Å². The standard InChI is InChI=1S/C10H16O3/c11-8-3-1-2-5-9-6-4-7-10(12)13-9/h4,7,9,11H,1-3,5-6,8H2/t9-/m0/s1. The van der Waals surface area contributed by atoms with E-state index in [2.05, 4.69) is 0 Å². The van der Waals surface area contributed by atoms with Crippen LogP contribution in [0.25, 0.3) is 0 Å². The van der Waals surface area contributed by atoms with Crippen molar-refractivity contribution >= 4 is 5.97 Å². The molecule has 1 atom stereocenters. The van der Waals surface area contributed by atoms with E-state index in [-0.39, 0.29) is 18.7 Å². The Morgan fingerprint density at radius 1 is 1.46 bits per heavy atom. The minimum Gasteiger partial charge on any atom is -0.459 e. The molecule has 1 N–H and O–H groups in total. The van der Waals surface area contributed by atoms with Gasteiger partial charge in [0.05, 0.1) is 0 Å². The molecule has 1 aliphatic rings. The Morgan fingerprint density at radius 2 is 2.31 bits per heavy atom. The second-order valence-corrected chi connectivity index (χ2v) is 3.27. The van der Waals surface area contributed by atoms with Crippen LogP contribution in [0.3, 0.4) is 0 Å². The van der Waals surface area contributed by atoms with Crippen molar-refractivity contribution in [1.29, 1.82) is 0 Å². The number of ether oxygens (including phenoxy) is 1. The largest absolute Gasteiger partial charge is 0.459 e. The third-order valence-electron chi connectivity index (χ3n) is 2.12. The van der Waals surface area contributed by atoms with Gasteiger partial charge in [-0.05, 0) is 19.3 Å². The smallest absolute Gasteiger partial charge is 0.330 e. The first-order chi connectivity index (χ1) is 6.33. The lowest BCUT2D eigenvalue weighted by atomic mass is 10.1. The molecule has 0 aromatic rings.